The van der Waals surface area contributed by atoms with Crippen LogP contribution in [0.2, 0.25) is 0 Å². The molecule has 0 spiro atoms. The number of morpholine rings is 1. The molecular formula is C26H26F4N7OP. The van der Waals surface area contributed by atoms with E-state index < -0.39 is 24.9 Å². The molecule has 0 aliphatic carbocycles. The van der Waals surface area contributed by atoms with Gasteiger partial charge in [-0.05, 0) is 43.3 Å². The van der Waals surface area contributed by atoms with Gasteiger partial charge < -0.3 is 9.41 Å². The third kappa shape index (κ3) is 4.86. The molecule has 2 aliphatic rings. The highest BCUT2D eigenvalue weighted by molar-refractivity contribution is 7.70. The molecule has 0 radical (unpaired) electrons. The highest BCUT2D eigenvalue weighted by Crippen LogP contribution is 2.62. The Balaban J connectivity index is 1.88. The summed E-state index contributed by atoms with van der Waals surface area (Å²) < 4.78 is 72.5. The Morgan fingerprint density at radius 1 is 1.10 bits per heavy atom. The minimum atomic E-state index is -4.62. The monoisotopic (exact) mass is 559 g/mol. The standard InChI is InChI=1S/C26H26F4N7OP/c1-18-23-25(37(33-18)13-5-12-31)32-24(19-8-10-20(27)11-9-19)35(2)39(23,36-14-16-38-17-15-36)34-22-7-4-3-6-21(22)26(28,29)30/h3-4,6-11H,5,13-17H2,1-2H3. The van der Waals surface area contributed by atoms with E-state index in [1.807, 2.05) is 4.67 Å². The number of aryl methyl sites for hydroxylation is 2. The molecule has 8 nitrogen and oxygen atoms in total. The summed E-state index contributed by atoms with van der Waals surface area (Å²) in [5.74, 6) is 0.438. The maximum absolute atomic E-state index is 14.2. The van der Waals surface area contributed by atoms with Gasteiger partial charge in [-0.3, -0.25) is 0 Å². The first-order valence-corrected chi connectivity index (χ1v) is 14.0. The second-order valence-electron chi connectivity index (χ2n) is 9.10. The Kier molecular flexibility index (Phi) is 7.33. The van der Waals surface area contributed by atoms with Crippen LogP contribution in [-0.2, 0) is 17.5 Å². The van der Waals surface area contributed by atoms with Gasteiger partial charge in [-0.15, -0.1) is 0 Å². The van der Waals surface area contributed by atoms with Crippen molar-refractivity contribution in [3.8, 4) is 6.07 Å². The van der Waals surface area contributed by atoms with E-state index in [2.05, 4.69) is 15.8 Å². The second-order valence-corrected chi connectivity index (χ2v) is 12.1. The minimum Gasteiger partial charge on any atom is -0.379 e. The number of benzene rings is 2. The lowest BCUT2D eigenvalue weighted by molar-refractivity contribution is -0.137. The second kappa shape index (κ2) is 10.6. The smallest absolute Gasteiger partial charge is 0.379 e. The van der Waals surface area contributed by atoms with Gasteiger partial charge in [0.2, 0.25) is 0 Å². The Hall–Kier alpha value is -3.52. The number of hydrogen-bond donors (Lipinski definition) is 0. The van der Waals surface area contributed by atoms with Crippen LogP contribution in [0.5, 0.6) is 0 Å². The van der Waals surface area contributed by atoms with E-state index in [1.165, 1.54) is 30.3 Å². The van der Waals surface area contributed by atoms with E-state index in [9.17, 15) is 22.8 Å². The first-order valence-electron chi connectivity index (χ1n) is 12.3. The summed E-state index contributed by atoms with van der Waals surface area (Å²) in [4.78, 5) is 4.90. The number of aliphatic imine (C=N–C) groups is 1. The van der Waals surface area contributed by atoms with Crippen molar-refractivity contribution in [3.05, 3.63) is 71.2 Å². The van der Waals surface area contributed by atoms with Crippen LogP contribution in [0.25, 0.3) is 0 Å². The van der Waals surface area contributed by atoms with Gasteiger partial charge in [-0.2, -0.15) is 23.5 Å². The summed E-state index contributed by atoms with van der Waals surface area (Å²) in [7, 11) is -1.46. The van der Waals surface area contributed by atoms with E-state index >= 15 is 0 Å². The van der Waals surface area contributed by atoms with Gasteiger partial charge in [-0.1, -0.05) is 12.1 Å². The van der Waals surface area contributed by atoms with Crippen LogP contribution in [-0.4, -0.2) is 58.3 Å². The van der Waals surface area contributed by atoms with Crippen molar-refractivity contribution >= 4 is 30.0 Å². The van der Waals surface area contributed by atoms with E-state index in [-0.39, 0.29) is 18.7 Å². The summed E-state index contributed by atoms with van der Waals surface area (Å²) >= 11 is 0. The number of ether oxygens (including phenoxy) is 1. The van der Waals surface area contributed by atoms with Crippen LogP contribution in [0.3, 0.4) is 0 Å². The molecule has 13 heteroatoms. The Morgan fingerprint density at radius 2 is 1.79 bits per heavy atom. The van der Waals surface area contributed by atoms with Gasteiger partial charge in [0.1, 0.15) is 11.7 Å². The molecule has 3 heterocycles. The van der Waals surface area contributed by atoms with Crippen molar-refractivity contribution in [1.29, 1.82) is 5.26 Å². The lowest BCUT2D eigenvalue weighted by atomic mass is 10.2. The molecule has 0 bridgehead atoms. The molecule has 1 unspecified atom stereocenters. The van der Waals surface area contributed by atoms with Crippen molar-refractivity contribution in [2.75, 3.05) is 33.4 Å². The minimum absolute atomic E-state index is 0.169. The van der Waals surface area contributed by atoms with Crippen LogP contribution >= 0.6 is 7.36 Å². The van der Waals surface area contributed by atoms with Gasteiger partial charge in [0.05, 0.1) is 54.5 Å². The first-order chi connectivity index (χ1) is 18.7. The summed E-state index contributed by atoms with van der Waals surface area (Å²) in [6.07, 6.45) is -4.45. The number of hydrogen-bond acceptors (Lipinski definition) is 5. The van der Waals surface area contributed by atoms with Crippen LogP contribution < -0.4 is 5.30 Å². The molecule has 39 heavy (non-hydrogen) atoms. The fourth-order valence-corrected chi connectivity index (χ4v) is 8.79. The highest BCUT2D eigenvalue weighted by atomic mass is 31.2. The van der Waals surface area contributed by atoms with Gasteiger partial charge in [0.15, 0.2) is 13.2 Å². The van der Waals surface area contributed by atoms with Gasteiger partial charge in [-0.25, -0.2) is 23.5 Å². The molecule has 2 aliphatic heterocycles. The van der Waals surface area contributed by atoms with E-state index in [1.54, 1.807) is 30.8 Å². The number of nitriles is 1. The quantitative estimate of drug-likeness (QED) is 0.300. The molecule has 0 amide bonds. The molecule has 1 fully saturated rings. The number of rotatable bonds is 5. The molecule has 1 aromatic heterocycles. The van der Waals surface area contributed by atoms with E-state index in [0.29, 0.717) is 54.5 Å². The van der Waals surface area contributed by atoms with Gasteiger partial charge in [0.25, 0.3) is 0 Å². The average Bonchev–Trinajstić information content (AvgIpc) is 3.24. The van der Waals surface area contributed by atoms with Crippen LogP contribution in [0, 0.1) is 24.1 Å². The van der Waals surface area contributed by atoms with Gasteiger partial charge >= 0.3 is 6.18 Å². The number of nitrogens with zero attached hydrogens (tertiary/aromatic N) is 7. The van der Waals surface area contributed by atoms with Crippen LogP contribution in [0.15, 0.2) is 58.3 Å². The fourth-order valence-electron chi connectivity index (χ4n) is 4.93. The van der Waals surface area contributed by atoms with Crippen molar-refractivity contribution in [1.82, 2.24) is 19.1 Å². The van der Waals surface area contributed by atoms with E-state index in [4.69, 9.17) is 14.5 Å². The molecule has 5 rings (SSSR count). The molecule has 0 saturated carbocycles. The average molecular weight is 560 g/mol. The zero-order valence-corrected chi connectivity index (χ0v) is 22.3. The maximum Gasteiger partial charge on any atom is 0.418 e. The summed E-state index contributed by atoms with van der Waals surface area (Å²) in [5, 5.41) is 14.5. The van der Waals surface area contributed by atoms with Gasteiger partial charge in [0, 0.05) is 25.7 Å². The van der Waals surface area contributed by atoms with Crippen LogP contribution in [0.1, 0.15) is 23.2 Å². The molecule has 204 valence electrons. The molecular weight excluding hydrogens is 533 g/mol. The zero-order valence-electron chi connectivity index (χ0n) is 21.4. The van der Waals surface area contributed by atoms with E-state index in [0.717, 1.165) is 6.07 Å². The Morgan fingerprint density at radius 3 is 2.46 bits per heavy atom. The number of fused-ring (bicyclic) bond motifs is 1. The maximum atomic E-state index is 14.2. The molecule has 1 saturated heterocycles. The lowest BCUT2D eigenvalue weighted by Crippen LogP contribution is -2.45. The number of aromatic nitrogens is 2. The number of amidine groups is 1. The fraction of sp³-hybridized carbons (Fsp3) is 0.346. The highest BCUT2D eigenvalue weighted by Gasteiger charge is 2.46. The third-order valence-corrected chi connectivity index (χ3v) is 10.5. The lowest BCUT2D eigenvalue weighted by Gasteiger charge is -2.46. The predicted octanol–water partition coefficient (Wildman–Crippen LogP) is 5.61. The molecule has 3 aromatic rings. The van der Waals surface area contributed by atoms with Crippen molar-refractivity contribution in [2.45, 2.75) is 26.1 Å². The third-order valence-electron chi connectivity index (χ3n) is 6.68. The summed E-state index contributed by atoms with van der Waals surface area (Å²) in [6, 6.07) is 13.2. The first kappa shape index (κ1) is 27.1. The van der Waals surface area contributed by atoms with Crippen LogP contribution in [0.4, 0.5) is 29.1 Å². The topological polar surface area (TPSA) is 82.0 Å². The van der Waals surface area contributed by atoms with Crippen molar-refractivity contribution < 1.29 is 22.3 Å². The summed E-state index contributed by atoms with van der Waals surface area (Å²) in [5.41, 5.74) is 0.122. The summed E-state index contributed by atoms with van der Waals surface area (Å²) in [6.45, 7) is 3.65. The Bertz CT molecular complexity index is 1500. The zero-order chi connectivity index (χ0) is 27.8. The Labute approximate surface area is 223 Å². The van der Waals surface area contributed by atoms with Crippen molar-refractivity contribution in [2.24, 2.45) is 9.74 Å². The SMILES string of the molecule is Cc1nn(CCC#N)c2c1P(=Nc1ccccc1C(F)(F)F)(N1CCOCC1)N(C)C(c1ccc(F)cc1)=N2. The number of halogens is 4. The molecule has 1 atom stereocenters. The largest absolute Gasteiger partial charge is 0.418 e. The molecule has 0 N–H and O–H groups in total. The normalized spacial score (nSPS) is 19.8. The molecule has 2 aromatic carbocycles. The van der Waals surface area contributed by atoms with Crippen molar-refractivity contribution in [3.63, 3.8) is 0 Å². The number of alkyl halides is 3. The predicted molar refractivity (Wildman–Crippen MR) is 140 cm³/mol.